The van der Waals surface area contributed by atoms with Crippen molar-refractivity contribution in [3.05, 3.63) is 0 Å². The van der Waals surface area contributed by atoms with Gasteiger partial charge in [-0.25, -0.2) is 0 Å². The van der Waals surface area contributed by atoms with Crippen molar-refractivity contribution in [3.8, 4) is 0 Å². The number of fused-ring (bicyclic) bond motifs is 1. The third-order valence-electron chi connectivity index (χ3n) is 4.93. The molecule has 3 nitrogen and oxygen atoms in total. The molecule has 0 aromatic heterocycles. The van der Waals surface area contributed by atoms with Crippen molar-refractivity contribution >= 4 is 18.3 Å². The van der Waals surface area contributed by atoms with Crippen molar-refractivity contribution in [2.45, 2.75) is 38.5 Å². The van der Waals surface area contributed by atoms with Crippen LogP contribution in [0, 0.1) is 17.8 Å². The Balaban J connectivity index is 0.00000120. The summed E-state index contributed by atoms with van der Waals surface area (Å²) >= 11 is 0. The zero-order valence-electron chi connectivity index (χ0n) is 11.1. The molecule has 4 heteroatoms. The van der Waals surface area contributed by atoms with Crippen LogP contribution >= 0.6 is 12.4 Å². The van der Waals surface area contributed by atoms with Crippen LogP contribution in [0.4, 0.5) is 0 Å². The predicted molar refractivity (Wildman–Crippen MR) is 74.9 cm³/mol. The molecule has 104 valence electrons. The van der Waals surface area contributed by atoms with Crippen LogP contribution < -0.4 is 5.32 Å². The average Bonchev–Trinajstić information content (AvgIpc) is 2.82. The molecular weight excluding hydrogens is 248 g/mol. The third-order valence-corrected chi connectivity index (χ3v) is 4.93. The number of hydrogen-bond donors (Lipinski definition) is 1. The first-order chi connectivity index (χ1) is 8.34. The quantitative estimate of drug-likeness (QED) is 0.793. The van der Waals surface area contributed by atoms with Gasteiger partial charge in [-0.05, 0) is 44.1 Å². The van der Waals surface area contributed by atoms with Gasteiger partial charge in [-0.2, -0.15) is 0 Å². The molecule has 1 amide bonds. The molecule has 1 N–H and O–H groups in total. The number of nitrogens with zero attached hydrogens (tertiary/aromatic N) is 1. The molecule has 2 aliphatic heterocycles. The Kier molecular flexibility index (Phi) is 4.91. The van der Waals surface area contributed by atoms with Gasteiger partial charge in [-0.3, -0.25) is 4.79 Å². The molecular formula is C14H25ClN2O. The minimum atomic E-state index is 0. The fraction of sp³-hybridized carbons (Fsp3) is 0.929. The fourth-order valence-electron chi connectivity index (χ4n) is 3.91. The van der Waals surface area contributed by atoms with Gasteiger partial charge in [0.2, 0.25) is 5.91 Å². The van der Waals surface area contributed by atoms with E-state index in [9.17, 15) is 4.79 Å². The van der Waals surface area contributed by atoms with E-state index in [2.05, 4.69) is 10.2 Å². The van der Waals surface area contributed by atoms with Crippen molar-refractivity contribution < 1.29 is 4.79 Å². The van der Waals surface area contributed by atoms with Gasteiger partial charge in [0, 0.05) is 19.6 Å². The van der Waals surface area contributed by atoms with Crippen LogP contribution in [0.2, 0.25) is 0 Å². The van der Waals surface area contributed by atoms with Crippen molar-refractivity contribution in [3.63, 3.8) is 0 Å². The normalized spacial score (nSPS) is 35.8. The topological polar surface area (TPSA) is 32.3 Å². The summed E-state index contributed by atoms with van der Waals surface area (Å²) in [4.78, 5) is 14.6. The van der Waals surface area contributed by atoms with Gasteiger partial charge in [0.25, 0.3) is 0 Å². The summed E-state index contributed by atoms with van der Waals surface area (Å²) in [6.45, 7) is 4.11. The molecule has 0 bridgehead atoms. The van der Waals surface area contributed by atoms with Gasteiger partial charge in [0.05, 0.1) is 5.92 Å². The lowest BCUT2D eigenvalue weighted by Gasteiger charge is -2.26. The average molecular weight is 273 g/mol. The van der Waals surface area contributed by atoms with Crippen LogP contribution in [-0.4, -0.2) is 37.0 Å². The minimum Gasteiger partial charge on any atom is -0.342 e. The monoisotopic (exact) mass is 272 g/mol. The molecule has 0 radical (unpaired) electrons. The van der Waals surface area contributed by atoms with Crippen molar-refractivity contribution in [1.82, 2.24) is 10.2 Å². The van der Waals surface area contributed by atoms with Gasteiger partial charge < -0.3 is 10.2 Å². The zero-order valence-corrected chi connectivity index (χ0v) is 11.9. The molecule has 1 aliphatic carbocycles. The second-order valence-electron chi connectivity index (χ2n) is 6.09. The summed E-state index contributed by atoms with van der Waals surface area (Å²) in [6, 6.07) is 0. The highest BCUT2D eigenvalue weighted by molar-refractivity contribution is 5.85. The lowest BCUT2D eigenvalue weighted by Crippen LogP contribution is -2.42. The Labute approximate surface area is 116 Å². The second kappa shape index (κ2) is 6.25. The van der Waals surface area contributed by atoms with E-state index in [1.165, 1.54) is 25.7 Å². The number of hydrogen-bond acceptors (Lipinski definition) is 2. The van der Waals surface area contributed by atoms with Gasteiger partial charge in [0.1, 0.15) is 0 Å². The summed E-state index contributed by atoms with van der Waals surface area (Å²) < 4.78 is 0. The van der Waals surface area contributed by atoms with Crippen LogP contribution in [0.5, 0.6) is 0 Å². The molecule has 3 rings (SSSR count). The molecule has 3 unspecified atom stereocenters. The Morgan fingerprint density at radius 3 is 2.22 bits per heavy atom. The van der Waals surface area contributed by atoms with E-state index < -0.39 is 0 Å². The number of nitrogens with one attached hydrogen (secondary N) is 1. The number of carbonyl (C=O) groups excluding carboxylic acids is 1. The van der Waals surface area contributed by atoms with E-state index in [1.54, 1.807) is 0 Å². The molecule has 3 atom stereocenters. The first-order valence-corrected chi connectivity index (χ1v) is 7.34. The maximum atomic E-state index is 12.4. The first kappa shape index (κ1) is 14.1. The molecule has 0 aromatic carbocycles. The summed E-state index contributed by atoms with van der Waals surface area (Å²) in [7, 11) is 0. The highest BCUT2D eigenvalue weighted by Gasteiger charge is 2.38. The maximum Gasteiger partial charge on any atom is 0.226 e. The van der Waals surface area contributed by atoms with E-state index in [1.807, 2.05) is 0 Å². The fourth-order valence-corrected chi connectivity index (χ4v) is 3.91. The second-order valence-corrected chi connectivity index (χ2v) is 6.09. The zero-order chi connectivity index (χ0) is 11.7. The molecule has 3 fully saturated rings. The summed E-state index contributed by atoms with van der Waals surface area (Å²) in [5.74, 6) is 2.35. The highest BCUT2D eigenvalue weighted by atomic mass is 35.5. The standard InChI is InChI=1S/C14H24N2O.ClH/c17-14(11-6-3-7-15-8-11)16-9-12-4-1-2-5-13(12)10-16;/h11-13,15H,1-10H2;1H. The molecule has 3 aliphatic rings. The third kappa shape index (κ3) is 2.83. The molecule has 1 saturated carbocycles. The predicted octanol–water partition coefficient (Wildman–Crippen LogP) is 2.06. The van der Waals surface area contributed by atoms with Gasteiger partial charge >= 0.3 is 0 Å². The number of piperidine rings is 1. The van der Waals surface area contributed by atoms with E-state index in [-0.39, 0.29) is 18.3 Å². The first-order valence-electron chi connectivity index (χ1n) is 7.34. The van der Waals surface area contributed by atoms with Gasteiger partial charge in [0.15, 0.2) is 0 Å². The molecule has 2 heterocycles. The lowest BCUT2D eigenvalue weighted by atomic mass is 9.82. The number of carbonyl (C=O) groups is 1. The van der Waals surface area contributed by atoms with Crippen molar-refractivity contribution in [1.29, 1.82) is 0 Å². The number of amides is 1. The number of rotatable bonds is 1. The Morgan fingerprint density at radius 2 is 1.67 bits per heavy atom. The van der Waals surface area contributed by atoms with E-state index >= 15 is 0 Å². The number of halogens is 1. The van der Waals surface area contributed by atoms with Crippen LogP contribution in [0.1, 0.15) is 38.5 Å². The summed E-state index contributed by atoms with van der Waals surface area (Å²) in [5.41, 5.74) is 0. The smallest absolute Gasteiger partial charge is 0.226 e. The van der Waals surface area contributed by atoms with Crippen LogP contribution in [0.25, 0.3) is 0 Å². The maximum absolute atomic E-state index is 12.4. The van der Waals surface area contributed by atoms with Crippen LogP contribution in [-0.2, 0) is 4.79 Å². The van der Waals surface area contributed by atoms with Crippen LogP contribution in [0.15, 0.2) is 0 Å². The molecule has 0 aromatic rings. The molecule has 2 saturated heterocycles. The van der Waals surface area contributed by atoms with Crippen molar-refractivity contribution in [2.24, 2.45) is 17.8 Å². The Bertz CT molecular complexity index is 278. The highest BCUT2D eigenvalue weighted by Crippen LogP contribution is 2.36. The lowest BCUT2D eigenvalue weighted by molar-refractivity contribution is -0.135. The minimum absolute atomic E-state index is 0. The van der Waals surface area contributed by atoms with E-state index in [0.717, 1.165) is 50.9 Å². The van der Waals surface area contributed by atoms with Crippen molar-refractivity contribution in [2.75, 3.05) is 26.2 Å². The summed E-state index contributed by atoms with van der Waals surface area (Å²) in [5, 5.41) is 3.35. The van der Waals surface area contributed by atoms with Crippen LogP contribution in [0.3, 0.4) is 0 Å². The van der Waals surface area contributed by atoms with E-state index in [4.69, 9.17) is 0 Å². The largest absolute Gasteiger partial charge is 0.342 e. The molecule has 18 heavy (non-hydrogen) atoms. The Morgan fingerprint density at radius 1 is 1.00 bits per heavy atom. The summed E-state index contributed by atoms with van der Waals surface area (Å²) in [6.07, 6.45) is 7.74. The SMILES string of the molecule is Cl.O=C(C1CCCNC1)N1CC2CCCCC2C1. The number of likely N-dealkylation sites (tertiary alicyclic amines) is 1. The Hall–Kier alpha value is -0.280. The van der Waals surface area contributed by atoms with Gasteiger partial charge in [-0.1, -0.05) is 12.8 Å². The van der Waals surface area contributed by atoms with E-state index in [0.29, 0.717) is 5.91 Å². The molecule has 0 spiro atoms. The van der Waals surface area contributed by atoms with Gasteiger partial charge in [-0.15, -0.1) is 12.4 Å².